The van der Waals surface area contributed by atoms with E-state index in [4.69, 9.17) is 0 Å². The van der Waals surface area contributed by atoms with Crippen molar-refractivity contribution in [1.29, 1.82) is 0 Å². The molecule has 0 aromatic rings. The second kappa shape index (κ2) is 4.81. The van der Waals surface area contributed by atoms with E-state index >= 15 is 0 Å². The molecule has 1 aliphatic heterocycles. The fourth-order valence-electron chi connectivity index (χ4n) is 2.50. The van der Waals surface area contributed by atoms with Crippen molar-refractivity contribution in [3.63, 3.8) is 0 Å². The molecule has 0 aromatic carbocycles. The average Bonchev–Trinajstić information content (AvgIpc) is 2.81. The van der Waals surface area contributed by atoms with Crippen LogP contribution in [0.2, 0.25) is 0 Å². The van der Waals surface area contributed by atoms with Gasteiger partial charge < -0.3 is 15.3 Å². The first kappa shape index (κ1) is 11.4. The van der Waals surface area contributed by atoms with Gasteiger partial charge >= 0.3 is 0 Å². The van der Waals surface area contributed by atoms with Gasteiger partial charge in [0.1, 0.15) is 0 Å². The fourth-order valence-corrected chi connectivity index (χ4v) is 2.50. The number of nitrogens with zero attached hydrogens (tertiary/aromatic N) is 1. The Morgan fingerprint density at radius 2 is 2.07 bits per heavy atom. The first-order valence-corrected chi connectivity index (χ1v) is 6.33. The first-order valence-electron chi connectivity index (χ1n) is 6.33. The predicted molar refractivity (Wildman–Crippen MR) is 61.9 cm³/mol. The maximum absolute atomic E-state index is 9.90. The number of aliphatic hydroxyl groups is 1. The van der Waals surface area contributed by atoms with E-state index < -0.39 is 0 Å². The average molecular weight is 212 g/mol. The second-order valence-electron chi connectivity index (χ2n) is 5.33. The molecular weight excluding hydrogens is 188 g/mol. The van der Waals surface area contributed by atoms with Gasteiger partial charge in [0.15, 0.2) is 0 Å². The van der Waals surface area contributed by atoms with E-state index in [0.29, 0.717) is 6.04 Å². The van der Waals surface area contributed by atoms with E-state index in [1.807, 2.05) is 0 Å². The number of nitrogens with one attached hydrogen (secondary N) is 1. The molecule has 0 aromatic heterocycles. The van der Waals surface area contributed by atoms with Gasteiger partial charge in [-0.3, -0.25) is 0 Å². The minimum absolute atomic E-state index is 0.329. The van der Waals surface area contributed by atoms with Crippen molar-refractivity contribution in [2.24, 2.45) is 0 Å². The zero-order valence-corrected chi connectivity index (χ0v) is 9.84. The summed E-state index contributed by atoms with van der Waals surface area (Å²) >= 11 is 0. The largest absolute Gasteiger partial charge is 0.389 e. The number of hydrogen-bond acceptors (Lipinski definition) is 3. The quantitative estimate of drug-likeness (QED) is 0.732. The lowest BCUT2D eigenvalue weighted by atomic mass is 10.0. The fraction of sp³-hybridized carbons (Fsp3) is 1.00. The van der Waals surface area contributed by atoms with Crippen LogP contribution in [0.25, 0.3) is 0 Å². The Bertz CT molecular complexity index is 196. The van der Waals surface area contributed by atoms with Gasteiger partial charge in [0.05, 0.1) is 5.60 Å². The normalized spacial score (nSPS) is 31.0. The molecule has 15 heavy (non-hydrogen) atoms. The van der Waals surface area contributed by atoms with Crippen molar-refractivity contribution in [2.45, 2.75) is 50.2 Å². The van der Waals surface area contributed by atoms with E-state index in [1.165, 1.54) is 32.2 Å². The van der Waals surface area contributed by atoms with Crippen molar-refractivity contribution in [3.05, 3.63) is 0 Å². The van der Waals surface area contributed by atoms with Crippen LogP contribution in [0, 0.1) is 0 Å². The molecule has 1 unspecified atom stereocenters. The van der Waals surface area contributed by atoms with Crippen LogP contribution in [0.1, 0.15) is 38.5 Å². The summed E-state index contributed by atoms with van der Waals surface area (Å²) in [5.74, 6) is 0. The van der Waals surface area contributed by atoms with Gasteiger partial charge in [0, 0.05) is 12.6 Å². The lowest BCUT2D eigenvalue weighted by Crippen LogP contribution is -2.41. The number of likely N-dealkylation sites (N-methyl/N-ethyl adjacent to an activating group) is 1. The molecule has 2 N–H and O–H groups in total. The number of rotatable bonds is 3. The molecule has 0 spiro atoms. The van der Waals surface area contributed by atoms with Crippen LogP contribution in [0.4, 0.5) is 0 Å². The summed E-state index contributed by atoms with van der Waals surface area (Å²) in [5, 5.41) is 13.4. The van der Waals surface area contributed by atoms with Gasteiger partial charge in [-0.05, 0) is 52.2 Å². The van der Waals surface area contributed by atoms with Gasteiger partial charge in [-0.15, -0.1) is 0 Å². The van der Waals surface area contributed by atoms with Crippen molar-refractivity contribution in [3.8, 4) is 0 Å². The molecule has 0 radical (unpaired) electrons. The molecule has 0 bridgehead atoms. The van der Waals surface area contributed by atoms with Gasteiger partial charge in [-0.2, -0.15) is 0 Å². The second-order valence-corrected chi connectivity index (χ2v) is 5.33. The number of hydrogen-bond donors (Lipinski definition) is 2. The summed E-state index contributed by atoms with van der Waals surface area (Å²) in [4.78, 5) is 2.38. The van der Waals surface area contributed by atoms with Crippen LogP contribution in [0.15, 0.2) is 0 Å². The lowest BCUT2D eigenvalue weighted by molar-refractivity contribution is 0.0778. The summed E-state index contributed by atoms with van der Waals surface area (Å²) < 4.78 is 0. The van der Waals surface area contributed by atoms with E-state index in [2.05, 4.69) is 17.3 Å². The topological polar surface area (TPSA) is 35.5 Å². The highest BCUT2D eigenvalue weighted by atomic mass is 16.3. The third-order valence-corrected chi connectivity index (χ3v) is 3.79. The molecule has 3 nitrogen and oxygen atoms in total. The maximum atomic E-state index is 9.90. The Labute approximate surface area is 92.8 Å². The van der Waals surface area contributed by atoms with E-state index in [-0.39, 0.29) is 5.60 Å². The van der Waals surface area contributed by atoms with Crippen LogP contribution in [0.3, 0.4) is 0 Å². The summed E-state index contributed by atoms with van der Waals surface area (Å²) in [5.41, 5.74) is -0.329. The van der Waals surface area contributed by atoms with Crippen molar-refractivity contribution >= 4 is 0 Å². The van der Waals surface area contributed by atoms with Gasteiger partial charge in [-0.1, -0.05) is 6.42 Å². The Morgan fingerprint density at radius 3 is 2.80 bits per heavy atom. The van der Waals surface area contributed by atoms with Crippen LogP contribution < -0.4 is 5.32 Å². The summed E-state index contributed by atoms with van der Waals surface area (Å²) in [6.45, 7) is 3.19. The third-order valence-electron chi connectivity index (χ3n) is 3.79. The van der Waals surface area contributed by atoms with Crippen molar-refractivity contribution in [2.75, 3.05) is 26.7 Å². The molecule has 3 heteroatoms. The molecule has 1 heterocycles. The highest BCUT2D eigenvalue weighted by Crippen LogP contribution is 2.36. The molecule has 1 atom stereocenters. The molecule has 2 rings (SSSR count). The predicted octanol–water partition coefficient (Wildman–Crippen LogP) is 0.975. The zero-order chi connectivity index (χ0) is 10.7. The summed E-state index contributed by atoms with van der Waals surface area (Å²) in [7, 11) is 2.17. The molecule has 1 saturated carbocycles. The molecular formula is C12H24N2O. The van der Waals surface area contributed by atoms with Gasteiger partial charge in [0.2, 0.25) is 0 Å². The Kier molecular flexibility index (Phi) is 3.65. The van der Waals surface area contributed by atoms with E-state index in [1.54, 1.807) is 0 Å². The van der Waals surface area contributed by atoms with E-state index in [9.17, 15) is 5.11 Å². The molecule has 88 valence electrons. The molecule has 1 aliphatic carbocycles. The molecule has 2 fully saturated rings. The van der Waals surface area contributed by atoms with Crippen LogP contribution in [-0.4, -0.2) is 48.3 Å². The van der Waals surface area contributed by atoms with Crippen LogP contribution in [0.5, 0.6) is 0 Å². The molecule has 1 saturated heterocycles. The standard InChI is InChI=1S/C12H24N2O/c1-14(10-12(15)6-7-12)11-4-2-3-8-13-9-5-11/h11,13,15H,2-10H2,1H3. The van der Waals surface area contributed by atoms with Crippen LogP contribution in [-0.2, 0) is 0 Å². The third kappa shape index (κ3) is 3.44. The maximum Gasteiger partial charge on any atom is 0.0776 e. The SMILES string of the molecule is CN(CC1(O)CC1)C1CCCCNCC1. The molecule has 2 aliphatic rings. The highest BCUT2D eigenvalue weighted by Gasteiger charge is 2.41. The highest BCUT2D eigenvalue weighted by molar-refractivity contribution is 4.96. The van der Waals surface area contributed by atoms with Gasteiger partial charge in [-0.25, -0.2) is 0 Å². The van der Waals surface area contributed by atoms with E-state index in [0.717, 1.165) is 25.9 Å². The minimum Gasteiger partial charge on any atom is -0.389 e. The zero-order valence-electron chi connectivity index (χ0n) is 9.84. The van der Waals surface area contributed by atoms with Gasteiger partial charge in [0.25, 0.3) is 0 Å². The molecule has 0 amide bonds. The first-order chi connectivity index (χ1) is 7.20. The van der Waals surface area contributed by atoms with Crippen molar-refractivity contribution < 1.29 is 5.11 Å². The Hall–Kier alpha value is -0.120. The summed E-state index contributed by atoms with van der Waals surface area (Å²) in [6.07, 6.45) is 7.15. The van der Waals surface area contributed by atoms with Crippen molar-refractivity contribution in [1.82, 2.24) is 10.2 Å². The van der Waals surface area contributed by atoms with Crippen LogP contribution >= 0.6 is 0 Å². The Morgan fingerprint density at radius 1 is 1.27 bits per heavy atom. The minimum atomic E-state index is -0.329. The monoisotopic (exact) mass is 212 g/mol. The summed E-state index contributed by atoms with van der Waals surface area (Å²) in [6, 6.07) is 0.669. The smallest absolute Gasteiger partial charge is 0.0776 e. The Balaban J connectivity index is 1.78. The lowest BCUT2D eigenvalue weighted by Gasteiger charge is -2.31.